The van der Waals surface area contributed by atoms with E-state index in [2.05, 4.69) is 39.2 Å². The smallest absolute Gasteiger partial charge is 0.256 e. The molecule has 0 bridgehead atoms. The lowest BCUT2D eigenvalue weighted by Crippen LogP contribution is -2.30. The number of para-hydroxylation sites is 2. The summed E-state index contributed by atoms with van der Waals surface area (Å²) >= 11 is 0. The van der Waals surface area contributed by atoms with Crippen molar-refractivity contribution in [2.75, 3.05) is 0 Å². The summed E-state index contributed by atoms with van der Waals surface area (Å²) in [4.78, 5) is 4.46. The van der Waals surface area contributed by atoms with Crippen molar-refractivity contribution in [1.29, 1.82) is 0 Å². The first-order valence-electron chi connectivity index (χ1n) is 10.8. The third-order valence-electron chi connectivity index (χ3n) is 5.39. The third kappa shape index (κ3) is 2.36. The van der Waals surface area contributed by atoms with E-state index in [9.17, 15) is 0 Å². The number of fused-ring (bicyclic) bond motifs is 2. The van der Waals surface area contributed by atoms with E-state index >= 15 is 0 Å². The van der Waals surface area contributed by atoms with Crippen LogP contribution in [0.15, 0.2) is 79.0 Å². The molecule has 0 amide bonds. The van der Waals surface area contributed by atoms with E-state index in [0.717, 1.165) is 33.4 Å². The number of pyridine rings is 1. The number of benzene rings is 3. The molecule has 0 aliphatic carbocycles. The highest BCUT2D eigenvalue weighted by Crippen LogP contribution is 2.32. The van der Waals surface area contributed by atoms with Gasteiger partial charge in [-0.15, -0.1) is 0 Å². The highest BCUT2D eigenvalue weighted by atomic mass is 15.2. The van der Waals surface area contributed by atoms with Crippen LogP contribution in [0.3, 0.4) is 0 Å². The molecule has 0 saturated heterocycles. The molecule has 2 aromatic heterocycles. The Morgan fingerprint density at radius 3 is 2.61 bits per heavy atom. The van der Waals surface area contributed by atoms with Crippen molar-refractivity contribution in [2.45, 2.75) is 13.8 Å². The lowest BCUT2D eigenvalue weighted by Gasteiger charge is -2.10. The fourth-order valence-electron chi connectivity index (χ4n) is 4.00. The Bertz CT molecular complexity index is 1450. The summed E-state index contributed by atoms with van der Waals surface area (Å²) in [6.07, 6.45) is 1.65. The third-order valence-corrected chi connectivity index (χ3v) is 5.39. The second-order valence-corrected chi connectivity index (χ2v) is 7.06. The SMILES string of the molecule is [2H]C([2H])([2H])c1c(-n2c(-c3ccccc3C)[n+](C)c3ccccc32)ccc2cccnc12. The largest absolute Gasteiger partial charge is 0.295 e. The Labute approximate surface area is 168 Å². The zero-order valence-electron chi connectivity index (χ0n) is 18.8. The molecular weight excluding hydrogens is 342 g/mol. The van der Waals surface area contributed by atoms with Crippen LogP contribution in [0.4, 0.5) is 0 Å². The van der Waals surface area contributed by atoms with Gasteiger partial charge in [-0.05, 0) is 55.7 Å². The molecular formula is C25H22N3+. The minimum Gasteiger partial charge on any atom is -0.256 e. The zero-order chi connectivity index (χ0) is 21.8. The van der Waals surface area contributed by atoms with Crippen LogP contribution < -0.4 is 4.57 Å². The number of rotatable bonds is 2. The molecule has 0 aliphatic heterocycles. The monoisotopic (exact) mass is 367 g/mol. The lowest BCUT2D eigenvalue weighted by molar-refractivity contribution is -0.633. The molecule has 3 aromatic carbocycles. The van der Waals surface area contributed by atoms with Crippen molar-refractivity contribution in [3.8, 4) is 17.1 Å². The minimum atomic E-state index is -2.32. The van der Waals surface area contributed by atoms with E-state index in [1.807, 2.05) is 61.6 Å². The number of aromatic nitrogens is 3. The average molecular weight is 367 g/mol. The van der Waals surface area contributed by atoms with Crippen LogP contribution in [0.1, 0.15) is 15.2 Å². The van der Waals surface area contributed by atoms with Gasteiger partial charge in [-0.3, -0.25) is 4.98 Å². The first kappa shape index (κ1) is 13.7. The van der Waals surface area contributed by atoms with Crippen molar-refractivity contribution in [3.05, 3.63) is 90.1 Å². The van der Waals surface area contributed by atoms with Gasteiger partial charge in [0, 0.05) is 21.3 Å². The second-order valence-electron chi connectivity index (χ2n) is 7.06. The van der Waals surface area contributed by atoms with Gasteiger partial charge < -0.3 is 0 Å². The summed E-state index contributed by atoms with van der Waals surface area (Å²) in [6.45, 7) is -0.250. The lowest BCUT2D eigenvalue weighted by atomic mass is 10.1. The van der Waals surface area contributed by atoms with Crippen molar-refractivity contribution in [2.24, 2.45) is 7.05 Å². The fraction of sp³-hybridized carbons (Fsp3) is 0.120. The van der Waals surface area contributed by atoms with Crippen molar-refractivity contribution in [1.82, 2.24) is 9.55 Å². The summed E-state index contributed by atoms with van der Waals surface area (Å²) in [5.41, 5.74) is 5.55. The van der Waals surface area contributed by atoms with Crippen LogP contribution >= 0.6 is 0 Å². The first-order chi connectivity index (χ1) is 14.9. The second kappa shape index (κ2) is 6.31. The maximum atomic E-state index is 8.35. The maximum Gasteiger partial charge on any atom is 0.295 e. The summed E-state index contributed by atoms with van der Waals surface area (Å²) in [6, 6.07) is 23.8. The van der Waals surface area contributed by atoms with E-state index < -0.39 is 6.85 Å². The fourth-order valence-corrected chi connectivity index (χ4v) is 4.00. The van der Waals surface area contributed by atoms with Crippen molar-refractivity contribution >= 4 is 21.9 Å². The molecule has 5 aromatic rings. The topological polar surface area (TPSA) is 21.7 Å². The van der Waals surface area contributed by atoms with Gasteiger partial charge in [-0.1, -0.05) is 36.4 Å². The van der Waals surface area contributed by atoms with E-state index in [1.165, 1.54) is 0 Å². The summed E-state index contributed by atoms with van der Waals surface area (Å²) < 4.78 is 29.2. The van der Waals surface area contributed by atoms with Crippen molar-refractivity contribution < 1.29 is 8.68 Å². The molecule has 0 unspecified atom stereocenters. The molecule has 28 heavy (non-hydrogen) atoms. The van der Waals surface area contributed by atoms with Crippen LogP contribution in [0.25, 0.3) is 39.0 Å². The molecule has 0 saturated carbocycles. The molecule has 0 radical (unpaired) electrons. The molecule has 2 heterocycles. The van der Waals surface area contributed by atoms with Gasteiger partial charge in [0.15, 0.2) is 11.0 Å². The predicted molar refractivity (Wildman–Crippen MR) is 115 cm³/mol. The van der Waals surface area contributed by atoms with Crippen LogP contribution in [0, 0.1) is 13.8 Å². The molecule has 0 spiro atoms. The Balaban J connectivity index is 1.99. The van der Waals surface area contributed by atoms with E-state index in [0.29, 0.717) is 11.2 Å². The quantitative estimate of drug-likeness (QED) is 0.389. The van der Waals surface area contributed by atoms with Gasteiger partial charge in [0.05, 0.1) is 18.1 Å². The number of imidazole rings is 1. The molecule has 0 aliphatic rings. The Morgan fingerprint density at radius 2 is 1.75 bits per heavy atom. The van der Waals surface area contributed by atoms with Gasteiger partial charge in [-0.2, -0.15) is 4.57 Å². The number of nitrogens with zero attached hydrogens (tertiary/aromatic N) is 3. The van der Waals surface area contributed by atoms with Gasteiger partial charge in [-0.25, -0.2) is 4.57 Å². The summed E-state index contributed by atoms with van der Waals surface area (Å²) in [5, 5.41) is 0.815. The van der Waals surface area contributed by atoms with Crippen LogP contribution in [-0.4, -0.2) is 9.55 Å². The normalized spacial score (nSPS) is 13.4. The molecule has 3 heteroatoms. The Morgan fingerprint density at radius 1 is 0.929 bits per heavy atom. The molecule has 0 N–H and O–H groups in total. The van der Waals surface area contributed by atoms with Gasteiger partial charge in [0.25, 0.3) is 5.82 Å². The van der Waals surface area contributed by atoms with Gasteiger partial charge in [0.2, 0.25) is 0 Å². The first-order valence-corrected chi connectivity index (χ1v) is 9.32. The van der Waals surface area contributed by atoms with Crippen molar-refractivity contribution in [3.63, 3.8) is 0 Å². The Hall–Kier alpha value is -3.46. The number of hydrogen-bond donors (Lipinski definition) is 0. The molecule has 5 rings (SSSR count). The minimum absolute atomic E-state index is 0.266. The number of hydrogen-bond acceptors (Lipinski definition) is 1. The molecule has 136 valence electrons. The Kier molecular flexibility index (Phi) is 3.08. The van der Waals surface area contributed by atoms with E-state index in [-0.39, 0.29) is 5.56 Å². The zero-order valence-corrected chi connectivity index (χ0v) is 15.8. The predicted octanol–water partition coefficient (Wildman–Crippen LogP) is 5.29. The maximum absolute atomic E-state index is 8.35. The summed E-state index contributed by atoms with van der Waals surface area (Å²) in [7, 11) is 2.02. The van der Waals surface area contributed by atoms with Crippen LogP contribution in [0.5, 0.6) is 0 Å². The average Bonchev–Trinajstić information content (AvgIpc) is 3.05. The number of aryl methyl sites for hydroxylation is 3. The summed E-state index contributed by atoms with van der Waals surface area (Å²) in [5.74, 6) is 0.931. The van der Waals surface area contributed by atoms with Gasteiger partial charge in [0.1, 0.15) is 5.69 Å². The molecule has 0 atom stereocenters. The van der Waals surface area contributed by atoms with Crippen LogP contribution in [0.2, 0.25) is 0 Å². The highest BCUT2D eigenvalue weighted by Gasteiger charge is 2.27. The molecule has 0 fully saturated rings. The van der Waals surface area contributed by atoms with Gasteiger partial charge >= 0.3 is 0 Å². The molecule has 3 nitrogen and oxygen atoms in total. The van der Waals surface area contributed by atoms with E-state index in [1.54, 1.807) is 6.20 Å². The van der Waals surface area contributed by atoms with Crippen LogP contribution in [-0.2, 0) is 7.05 Å². The highest BCUT2D eigenvalue weighted by molar-refractivity contribution is 5.87. The standard InChI is InChI=1S/C25H22N3/c1-17-9-4-5-11-20(17)25-27(3)22-12-6-7-13-23(22)28(25)21-15-14-19-10-8-16-26-24(19)18(21)2/h4-16H,1-3H3/q+1/i2D3. The van der Waals surface area contributed by atoms with E-state index in [4.69, 9.17) is 4.11 Å².